The zero-order valence-corrected chi connectivity index (χ0v) is 11.3. The van der Waals surface area contributed by atoms with Crippen molar-refractivity contribution < 1.29 is 14.3 Å². The minimum atomic E-state index is -0.117. The van der Waals surface area contributed by atoms with E-state index in [1.165, 1.54) is 7.11 Å². The Kier molecular flexibility index (Phi) is 3.37. The summed E-state index contributed by atoms with van der Waals surface area (Å²) in [7, 11) is 1.51. The Bertz CT molecular complexity index is 652. The molecule has 0 atom stereocenters. The van der Waals surface area contributed by atoms with E-state index in [1.807, 2.05) is 12.1 Å². The van der Waals surface area contributed by atoms with E-state index in [-0.39, 0.29) is 5.78 Å². The summed E-state index contributed by atoms with van der Waals surface area (Å²) >= 11 is 0. The van der Waals surface area contributed by atoms with Gasteiger partial charge in [0, 0.05) is 6.20 Å². The van der Waals surface area contributed by atoms with Crippen LogP contribution in [-0.2, 0) is 6.42 Å². The van der Waals surface area contributed by atoms with Crippen molar-refractivity contribution in [2.75, 3.05) is 13.7 Å². The number of aryl methyl sites for hydroxylation is 1. The number of carbonyl (C=O) groups excluding carboxylic acids is 1. The smallest absolute Gasteiger partial charge is 0.224 e. The Hall–Kier alpha value is -2.36. The Morgan fingerprint density at radius 2 is 2.10 bits per heavy atom. The number of methoxy groups -OCH3 is 1. The molecule has 0 unspecified atom stereocenters. The van der Waals surface area contributed by atoms with Gasteiger partial charge in [-0.2, -0.15) is 0 Å². The van der Waals surface area contributed by atoms with Crippen LogP contribution in [-0.4, -0.2) is 24.5 Å². The third-order valence-electron chi connectivity index (χ3n) is 3.39. The van der Waals surface area contributed by atoms with Crippen LogP contribution in [0.2, 0.25) is 0 Å². The second-order valence-corrected chi connectivity index (χ2v) is 4.64. The van der Waals surface area contributed by atoms with E-state index in [0.717, 1.165) is 18.4 Å². The Labute approximate surface area is 117 Å². The van der Waals surface area contributed by atoms with Gasteiger partial charge < -0.3 is 9.47 Å². The maximum absolute atomic E-state index is 12.7. The molecule has 0 amide bonds. The number of fused-ring (bicyclic) bond motifs is 1. The van der Waals surface area contributed by atoms with Crippen molar-refractivity contribution in [3.05, 3.63) is 53.2 Å². The van der Waals surface area contributed by atoms with Gasteiger partial charge in [-0.3, -0.25) is 4.79 Å². The number of aromatic nitrogens is 1. The molecule has 1 aliphatic rings. The van der Waals surface area contributed by atoms with Crippen molar-refractivity contribution >= 4 is 5.78 Å². The van der Waals surface area contributed by atoms with Crippen LogP contribution in [0.4, 0.5) is 0 Å². The van der Waals surface area contributed by atoms with Crippen molar-refractivity contribution in [3.8, 4) is 11.6 Å². The molecular formula is C16H15NO3. The van der Waals surface area contributed by atoms with Crippen LogP contribution in [0.1, 0.15) is 27.9 Å². The molecule has 2 heterocycles. The topological polar surface area (TPSA) is 48.4 Å². The summed E-state index contributed by atoms with van der Waals surface area (Å²) in [6.07, 6.45) is 3.54. The van der Waals surface area contributed by atoms with Gasteiger partial charge in [0.15, 0.2) is 0 Å². The zero-order valence-electron chi connectivity index (χ0n) is 11.3. The van der Waals surface area contributed by atoms with Crippen molar-refractivity contribution in [2.24, 2.45) is 0 Å². The van der Waals surface area contributed by atoms with Crippen molar-refractivity contribution in [2.45, 2.75) is 12.8 Å². The summed E-state index contributed by atoms with van der Waals surface area (Å²) in [6, 6.07) is 9.14. The van der Waals surface area contributed by atoms with Crippen LogP contribution in [0, 0.1) is 0 Å². The van der Waals surface area contributed by atoms with E-state index in [1.54, 1.807) is 24.4 Å². The van der Waals surface area contributed by atoms with Gasteiger partial charge in [0.1, 0.15) is 5.75 Å². The van der Waals surface area contributed by atoms with Crippen LogP contribution in [0.15, 0.2) is 36.5 Å². The van der Waals surface area contributed by atoms with E-state index in [9.17, 15) is 4.79 Å². The molecule has 0 N–H and O–H groups in total. The highest BCUT2D eigenvalue weighted by molar-refractivity contribution is 6.12. The lowest BCUT2D eigenvalue weighted by molar-refractivity contribution is 0.103. The third-order valence-corrected chi connectivity index (χ3v) is 3.39. The lowest BCUT2D eigenvalue weighted by atomic mass is 9.97. The highest BCUT2D eigenvalue weighted by Gasteiger charge is 2.22. The van der Waals surface area contributed by atoms with Gasteiger partial charge in [-0.25, -0.2) is 4.98 Å². The van der Waals surface area contributed by atoms with E-state index in [2.05, 4.69) is 4.98 Å². The Morgan fingerprint density at radius 1 is 1.25 bits per heavy atom. The first kappa shape index (κ1) is 12.7. The predicted molar refractivity (Wildman–Crippen MR) is 74.5 cm³/mol. The minimum Gasteiger partial charge on any atom is -0.493 e. The number of carbonyl (C=O) groups is 1. The molecule has 1 aliphatic heterocycles. The molecule has 0 saturated carbocycles. The van der Waals surface area contributed by atoms with Gasteiger partial charge in [-0.15, -0.1) is 0 Å². The molecule has 20 heavy (non-hydrogen) atoms. The molecule has 4 nitrogen and oxygen atoms in total. The van der Waals surface area contributed by atoms with Crippen molar-refractivity contribution in [1.82, 2.24) is 4.98 Å². The molecule has 0 radical (unpaired) electrons. The number of benzene rings is 1. The highest BCUT2D eigenvalue weighted by Crippen LogP contribution is 2.31. The monoisotopic (exact) mass is 269 g/mol. The standard InChI is InChI=1S/C16H15NO3/c1-19-16-13(8-3-9-17-16)14(18)12-7-2-5-11-6-4-10-20-15(11)12/h2-3,5,7-9H,4,6,10H2,1H3. The van der Waals surface area contributed by atoms with Crippen LogP contribution in [0.3, 0.4) is 0 Å². The number of rotatable bonds is 3. The fraction of sp³-hybridized carbons (Fsp3) is 0.250. The summed E-state index contributed by atoms with van der Waals surface area (Å²) in [6.45, 7) is 0.654. The second-order valence-electron chi connectivity index (χ2n) is 4.64. The van der Waals surface area contributed by atoms with Crippen LogP contribution in [0.5, 0.6) is 11.6 Å². The highest BCUT2D eigenvalue weighted by atomic mass is 16.5. The van der Waals surface area contributed by atoms with Gasteiger partial charge in [-0.05, 0) is 36.6 Å². The maximum atomic E-state index is 12.7. The quantitative estimate of drug-likeness (QED) is 0.804. The lowest BCUT2D eigenvalue weighted by Crippen LogP contribution is -2.14. The van der Waals surface area contributed by atoms with E-state index >= 15 is 0 Å². The summed E-state index contributed by atoms with van der Waals surface area (Å²) in [4.78, 5) is 16.8. The van der Waals surface area contributed by atoms with Gasteiger partial charge in [-0.1, -0.05) is 12.1 Å². The first-order valence-electron chi connectivity index (χ1n) is 6.59. The normalized spacial score (nSPS) is 13.2. The lowest BCUT2D eigenvalue weighted by Gasteiger charge is -2.19. The molecule has 102 valence electrons. The predicted octanol–water partition coefficient (Wildman–Crippen LogP) is 2.65. The first-order valence-corrected chi connectivity index (χ1v) is 6.59. The number of ketones is 1. The molecule has 0 aliphatic carbocycles. The molecule has 3 rings (SSSR count). The number of hydrogen-bond donors (Lipinski definition) is 0. The zero-order chi connectivity index (χ0) is 13.9. The molecule has 4 heteroatoms. The van der Waals surface area contributed by atoms with Gasteiger partial charge >= 0.3 is 0 Å². The number of ether oxygens (including phenoxy) is 2. The van der Waals surface area contributed by atoms with Gasteiger partial charge in [0.05, 0.1) is 24.8 Å². The fourth-order valence-corrected chi connectivity index (χ4v) is 2.44. The Morgan fingerprint density at radius 3 is 2.95 bits per heavy atom. The molecule has 0 spiro atoms. The molecule has 1 aromatic carbocycles. The average molecular weight is 269 g/mol. The van der Waals surface area contributed by atoms with Crippen LogP contribution in [0.25, 0.3) is 0 Å². The summed E-state index contributed by atoms with van der Waals surface area (Å²) in [5, 5.41) is 0. The molecule has 1 aromatic heterocycles. The average Bonchev–Trinajstić information content (AvgIpc) is 2.53. The molecular weight excluding hydrogens is 254 g/mol. The minimum absolute atomic E-state index is 0.117. The summed E-state index contributed by atoms with van der Waals surface area (Å²) in [5.74, 6) is 0.925. The summed E-state index contributed by atoms with van der Waals surface area (Å²) < 4.78 is 10.8. The number of hydrogen-bond acceptors (Lipinski definition) is 4. The maximum Gasteiger partial charge on any atom is 0.224 e. The summed E-state index contributed by atoms with van der Waals surface area (Å²) in [5.41, 5.74) is 2.12. The molecule has 0 bridgehead atoms. The fourth-order valence-electron chi connectivity index (χ4n) is 2.44. The van der Waals surface area contributed by atoms with Crippen LogP contribution < -0.4 is 9.47 Å². The van der Waals surface area contributed by atoms with E-state index < -0.39 is 0 Å². The van der Waals surface area contributed by atoms with Crippen molar-refractivity contribution in [3.63, 3.8) is 0 Å². The molecule has 0 fully saturated rings. The molecule has 0 saturated heterocycles. The van der Waals surface area contributed by atoms with E-state index in [4.69, 9.17) is 9.47 Å². The van der Waals surface area contributed by atoms with Gasteiger partial charge in [0.2, 0.25) is 11.7 Å². The SMILES string of the molecule is COc1ncccc1C(=O)c1cccc2c1OCCC2. The number of pyridine rings is 1. The first-order chi connectivity index (χ1) is 9.81. The van der Waals surface area contributed by atoms with Crippen LogP contribution >= 0.6 is 0 Å². The van der Waals surface area contributed by atoms with Gasteiger partial charge in [0.25, 0.3) is 0 Å². The van der Waals surface area contributed by atoms with Crippen molar-refractivity contribution in [1.29, 1.82) is 0 Å². The number of para-hydroxylation sites is 1. The molecule has 2 aromatic rings. The largest absolute Gasteiger partial charge is 0.493 e. The second kappa shape index (κ2) is 5.33. The van der Waals surface area contributed by atoms with E-state index in [0.29, 0.717) is 29.4 Å². The Balaban J connectivity index is 2.07. The third kappa shape index (κ3) is 2.13. The number of nitrogens with zero attached hydrogens (tertiary/aromatic N) is 1.